The van der Waals surface area contributed by atoms with Crippen molar-refractivity contribution in [3.63, 3.8) is 0 Å². The summed E-state index contributed by atoms with van der Waals surface area (Å²) in [4.78, 5) is 29.3. The number of hydrogen-bond acceptors (Lipinski definition) is 7. The van der Waals surface area contributed by atoms with E-state index >= 15 is 0 Å². The summed E-state index contributed by atoms with van der Waals surface area (Å²) < 4.78 is 36.2. The first-order valence-corrected chi connectivity index (χ1v) is 12.9. The quantitative estimate of drug-likeness (QED) is 0.498. The first kappa shape index (κ1) is 23.5. The van der Waals surface area contributed by atoms with E-state index in [0.717, 1.165) is 5.52 Å². The third-order valence-electron chi connectivity index (χ3n) is 5.37. The van der Waals surface area contributed by atoms with Crippen molar-refractivity contribution in [3.05, 3.63) is 42.2 Å². The Labute approximate surface area is 196 Å². The van der Waals surface area contributed by atoms with Gasteiger partial charge in [-0.2, -0.15) is 4.31 Å². The minimum atomic E-state index is -3.63. The minimum absolute atomic E-state index is 0.00157. The predicted molar refractivity (Wildman–Crippen MR) is 124 cm³/mol. The normalized spacial score (nSPS) is 15.1. The number of ether oxygens (including phenoxy) is 1. The third-order valence-corrected chi connectivity index (χ3v) is 8.24. The Bertz CT molecular complexity index is 1290. The van der Waals surface area contributed by atoms with Gasteiger partial charge in [0.05, 0.1) is 34.9 Å². The molecule has 1 aromatic carbocycles. The summed E-state index contributed by atoms with van der Waals surface area (Å²) in [6, 6.07) is 8.25. The molecule has 2 amide bonds. The second-order valence-electron chi connectivity index (χ2n) is 7.48. The fourth-order valence-electron chi connectivity index (χ4n) is 3.65. The molecule has 1 saturated heterocycles. The summed E-state index contributed by atoms with van der Waals surface area (Å²) in [6.45, 7) is 3.94. The molecular weight excluding hydrogens is 466 g/mol. The summed E-state index contributed by atoms with van der Waals surface area (Å²) in [5.41, 5.74) is 1.71. The Morgan fingerprint density at radius 1 is 1.21 bits per heavy atom. The number of sulfonamides is 1. The fourth-order valence-corrected chi connectivity index (χ4v) is 5.96. The van der Waals surface area contributed by atoms with Crippen LogP contribution < -0.4 is 5.32 Å². The van der Waals surface area contributed by atoms with Crippen LogP contribution in [0.15, 0.2) is 46.6 Å². The van der Waals surface area contributed by atoms with Crippen molar-refractivity contribution in [2.45, 2.75) is 23.5 Å². The Kier molecular flexibility index (Phi) is 6.88. The summed E-state index contributed by atoms with van der Waals surface area (Å²) >= 11 is 1.19. The number of aromatic nitrogens is 3. The van der Waals surface area contributed by atoms with Crippen LogP contribution in [0.3, 0.4) is 0 Å². The van der Waals surface area contributed by atoms with E-state index in [9.17, 15) is 18.0 Å². The number of benzene rings is 1. The molecule has 176 valence electrons. The van der Waals surface area contributed by atoms with E-state index < -0.39 is 21.8 Å². The number of imidazole rings is 1. The van der Waals surface area contributed by atoms with E-state index in [1.54, 1.807) is 48.1 Å². The molecule has 0 spiro atoms. The Balaban J connectivity index is 1.50. The standard InChI is InChI=1S/C21H25N5O5S2/c1-3-26-17-7-6-15(33(29,30)25-9-11-31-12-10-25)13-16(17)22-21(26)32-14-19(27)23-20(28)18-5-4-8-24(18)2/h4-8,13H,3,9-12,14H2,1-2H3,(H,23,27,28). The molecule has 12 heteroatoms. The molecule has 3 heterocycles. The maximum absolute atomic E-state index is 13.0. The SMILES string of the molecule is CCn1c(SCC(=O)NC(=O)c2cccn2C)nc2cc(S(=O)(=O)N3CCOCC3)ccc21. The number of hydrogen-bond donors (Lipinski definition) is 1. The van der Waals surface area contributed by atoms with Crippen LogP contribution in [0.1, 0.15) is 17.4 Å². The first-order valence-electron chi connectivity index (χ1n) is 10.5. The maximum atomic E-state index is 13.0. The van der Waals surface area contributed by atoms with Gasteiger partial charge in [0.1, 0.15) is 5.69 Å². The Hall–Kier alpha value is -2.67. The lowest BCUT2D eigenvalue weighted by Crippen LogP contribution is -2.40. The lowest BCUT2D eigenvalue weighted by atomic mass is 10.3. The zero-order valence-electron chi connectivity index (χ0n) is 18.4. The third kappa shape index (κ3) is 4.83. The van der Waals surface area contributed by atoms with E-state index in [1.165, 1.54) is 16.1 Å². The number of morpholine rings is 1. The van der Waals surface area contributed by atoms with E-state index in [2.05, 4.69) is 10.3 Å². The largest absolute Gasteiger partial charge is 0.379 e. The number of amides is 2. The van der Waals surface area contributed by atoms with Gasteiger partial charge in [0, 0.05) is 32.9 Å². The second-order valence-corrected chi connectivity index (χ2v) is 10.4. The van der Waals surface area contributed by atoms with Crippen LogP contribution in [0.4, 0.5) is 0 Å². The zero-order chi connectivity index (χ0) is 23.6. The number of fused-ring (bicyclic) bond motifs is 1. The Morgan fingerprint density at radius 2 is 1.97 bits per heavy atom. The number of carbonyl (C=O) groups excluding carboxylic acids is 2. The molecule has 1 aliphatic heterocycles. The lowest BCUT2D eigenvalue weighted by molar-refractivity contribution is -0.117. The van der Waals surface area contributed by atoms with E-state index in [-0.39, 0.29) is 10.6 Å². The van der Waals surface area contributed by atoms with E-state index in [4.69, 9.17) is 4.74 Å². The van der Waals surface area contributed by atoms with Gasteiger partial charge in [-0.15, -0.1) is 0 Å². The summed E-state index contributed by atoms with van der Waals surface area (Å²) in [7, 11) is -1.91. The highest BCUT2D eigenvalue weighted by atomic mass is 32.2. The molecular formula is C21H25N5O5S2. The van der Waals surface area contributed by atoms with Gasteiger partial charge in [0.15, 0.2) is 5.16 Å². The van der Waals surface area contributed by atoms with Crippen molar-refractivity contribution >= 4 is 44.6 Å². The van der Waals surface area contributed by atoms with Crippen LogP contribution in [0, 0.1) is 0 Å². The molecule has 1 N–H and O–H groups in total. The van der Waals surface area contributed by atoms with Crippen LogP contribution in [0.2, 0.25) is 0 Å². The molecule has 2 aromatic heterocycles. The van der Waals surface area contributed by atoms with Gasteiger partial charge in [-0.1, -0.05) is 11.8 Å². The second kappa shape index (κ2) is 9.67. The van der Waals surface area contributed by atoms with Crippen molar-refractivity contribution in [2.24, 2.45) is 7.05 Å². The maximum Gasteiger partial charge on any atom is 0.274 e. The molecule has 3 aromatic rings. The van der Waals surface area contributed by atoms with Gasteiger partial charge < -0.3 is 13.9 Å². The summed E-state index contributed by atoms with van der Waals surface area (Å²) in [5, 5.41) is 2.96. The number of nitrogens with zero attached hydrogens (tertiary/aromatic N) is 4. The number of carbonyl (C=O) groups is 2. The van der Waals surface area contributed by atoms with Crippen LogP contribution in [0.25, 0.3) is 11.0 Å². The zero-order valence-corrected chi connectivity index (χ0v) is 20.0. The fraction of sp³-hybridized carbons (Fsp3) is 0.381. The van der Waals surface area contributed by atoms with Gasteiger partial charge in [0.2, 0.25) is 15.9 Å². The molecule has 0 bridgehead atoms. The molecule has 1 fully saturated rings. The van der Waals surface area contributed by atoms with E-state index in [1.807, 2.05) is 11.5 Å². The Morgan fingerprint density at radius 3 is 2.64 bits per heavy atom. The highest BCUT2D eigenvalue weighted by Gasteiger charge is 2.27. The van der Waals surface area contributed by atoms with Crippen molar-refractivity contribution in [1.82, 2.24) is 23.7 Å². The smallest absolute Gasteiger partial charge is 0.274 e. The van der Waals surface area contributed by atoms with Crippen LogP contribution in [0.5, 0.6) is 0 Å². The van der Waals surface area contributed by atoms with Crippen molar-refractivity contribution in [1.29, 1.82) is 0 Å². The number of thioether (sulfide) groups is 1. The molecule has 1 aliphatic rings. The monoisotopic (exact) mass is 491 g/mol. The average Bonchev–Trinajstić information content (AvgIpc) is 3.40. The van der Waals surface area contributed by atoms with E-state index in [0.29, 0.717) is 49.2 Å². The first-order chi connectivity index (χ1) is 15.8. The number of nitrogens with one attached hydrogen (secondary N) is 1. The van der Waals surface area contributed by atoms with Gasteiger partial charge in [-0.3, -0.25) is 14.9 Å². The molecule has 0 saturated carbocycles. The van der Waals surface area contributed by atoms with Gasteiger partial charge in [-0.05, 0) is 37.3 Å². The summed E-state index contributed by atoms with van der Waals surface area (Å²) in [6.07, 6.45) is 1.73. The van der Waals surface area contributed by atoms with Gasteiger partial charge in [0.25, 0.3) is 5.91 Å². The predicted octanol–water partition coefficient (Wildman–Crippen LogP) is 1.46. The van der Waals surface area contributed by atoms with Gasteiger partial charge >= 0.3 is 0 Å². The molecule has 10 nitrogen and oxygen atoms in total. The van der Waals surface area contributed by atoms with Crippen molar-refractivity contribution < 1.29 is 22.7 Å². The number of rotatable bonds is 7. The van der Waals surface area contributed by atoms with Crippen LogP contribution >= 0.6 is 11.8 Å². The highest BCUT2D eigenvalue weighted by molar-refractivity contribution is 7.99. The average molecular weight is 492 g/mol. The van der Waals surface area contributed by atoms with Crippen molar-refractivity contribution in [2.75, 3.05) is 32.1 Å². The highest BCUT2D eigenvalue weighted by Crippen LogP contribution is 2.27. The molecule has 0 radical (unpaired) electrons. The summed E-state index contributed by atoms with van der Waals surface area (Å²) in [5.74, 6) is -0.898. The van der Waals surface area contributed by atoms with Crippen molar-refractivity contribution in [3.8, 4) is 0 Å². The lowest BCUT2D eigenvalue weighted by Gasteiger charge is -2.26. The van der Waals surface area contributed by atoms with Crippen LogP contribution in [-0.2, 0) is 33.1 Å². The molecule has 0 unspecified atom stereocenters. The van der Waals surface area contributed by atoms with Crippen LogP contribution in [-0.4, -0.2) is 70.7 Å². The minimum Gasteiger partial charge on any atom is -0.379 e. The molecule has 0 aliphatic carbocycles. The molecule has 33 heavy (non-hydrogen) atoms. The number of aryl methyl sites for hydroxylation is 2. The number of imide groups is 1. The molecule has 0 atom stereocenters. The molecule has 4 rings (SSSR count). The van der Waals surface area contributed by atoms with Gasteiger partial charge in [-0.25, -0.2) is 13.4 Å². The topological polar surface area (TPSA) is 116 Å².